The summed E-state index contributed by atoms with van der Waals surface area (Å²) in [5.41, 5.74) is 7.40. The molecule has 1 heterocycles. The minimum Gasteiger partial charge on any atom is -0.378 e. The van der Waals surface area contributed by atoms with E-state index in [4.69, 9.17) is 15.2 Å². The number of halogens is 1. The number of carbonyl (C=O) groups excluding carboxylic acids is 1. The Morgan fingerprint density at radius 2 is 1.50 bits per heavy atom. The van der Waals surface area contributed by atoms with Crippen LogP contribution < -0.4 is 27.0 Å². The van der Waals surface area contributed by atoms with Crippen LogP contribution in [0.15, 0.2) is 48.5 Å². The standard InChI is InChI=1S/C30H41FN8O3/c31-26-9-5-4-6-24(26)21-35-29-37-28(38-30(39-29)36-25-7-2-1-3-8-25)34-20-22-10-12-23(13-11-22)27(40)33-15-17-42-19-18-41-16-14-32/h4-6,9-13,25H,1-3,7-8,14-21,32H2,(H,33,40)(H3,34,35,36,37,38,39). The van der Waals surface area contributed by atoms with Gasteiger partial charge in [-0.05, 0) is 36.6 Å². The lowest BCUT2D eigenvalue weighted by Crippen LogP contribution is -2.27. The van der Waals surface area contributed by atoms with Crippen LogP contribution in [0.25, 0.3) is 0 Å². The van der Waals surface area contributed by atoms with Crippen molar-refractivity contribution < 1.29 is 18.7 Å². The van der Waals surface area contributed by atoms with Crippen molar-refractivity contribution in [3.8, 4) is 0 Å². The van der Waals surface area contributed by atoms with Crippen molar-refractivity contribution in [2.45, 2.75) is 51.2 Å². The Balaban J connectivity index is 1.30. The number of ether oxygens (including phenoxy) is 2. The maximum atomic E-state index is 14.1. The highest BCUT2D eigenvalue weighted by Crippen LogP contribution is 2.21. The molecule has 226 valence electrons. The van der Waals surface area contributed by atoms with E-state index < -0.39 is 0 Å². The van der Waals surface area contributed by atoms with Gasteiger partial charge in [-0.3, -0.25) is 4.79 Å². The first-order valence-corrected chi connectivity index (χ1v) is 14.6. The van der Waals surface area contributed by atoms with E-state index in [0.29, 0.717) is 81.1 Å². The van der Waals surface area contributed by atoms with Crippen LogP contribution in [-0.4, -0.2) is 66.4 Å². The summed E-state index contributed by atoms with van der Waals surface area (Å²) in [5.74, 6) is 0.781. The first kappa shape index (κ1) is 31.1. The van der Waals surface area contributed by atoms with Crippen molar-refractivity contribution >= 4 is 23.8 Å². The fraction of sp³-hybridized carbons (Fsp3) is 0.467. The zero-order valence-electron chi connectivity index (χ0n) is 23.9. The van der Waals surface area contributed by atoms with Gasteiger partial charge in [-0.1, -0.05) is 49.6 Å². The van der Waals surface area contributed by atoms with Crippen LogP contribution in [0.3, 0.4) is 0 Å². The molecule has 0 atom stereocenters. The Hall–Kier alpha value is -3.87. The summed E-state index contributed by atoms with van der Waals surface area (Å²) in [5, 5.41) is 12.7. The van der Waals surface area contributed by atoms with Crippen molar-refractivity contribution in [1.29, 1.82) is 0 Å². The number of hydrogen-bond acceptors (Lipinski definition) is 10. The Bertz CT molecular complexity index is 1240. The number of hydrogen-bond donors (Lipinski definition) is 5. The number of carbonyl (C=O) groups is 1. The molecule has 0 unspecified atom stereocenters. The number of nitrogens with one attached hydrogen (secondary N) is 4. The number of nitrogens with zero attached hydrogens (tertiary/aromatic N) is 3. The first-order chi connectivity index (χ1) is 20.6. The van der Waals surface area contributed by atoms with E-state index in [1.807, 2.05) is 12.1 Å². The van der Waals surface area contributed by atoms with Crippen LogP contribution in [0.5, 0.6) is 0 Å². The van der Waals surface area contributed by atoms with Gasteiger partial charge in [0.2, 0.25) is 17.8 Å². The van der Waals surface area contributed by atoms with E-state index in [1.54, 1.807) is 30.3 Å². The van der Waals surface area contributed by atoms with E-state index in [0.717, 1.165) is 18.4 Å². The van der Waals surface area contributed by atoms with Gasteiger partial charge in [-0.15, -0.1) is 0 Å². The lowest BCUT2D eigenvalue weighted by atomic mass is 9.96. The highest BCUT2D eigenvalue weighted by atomic mass is 19.1. The molecule has 42 heavy (non-hydrogen) atoms. The summed E-state index contributed by atoms with van der Waals surface area (Å²) in [7, 11) is 0. The van der Waals surface area contributed by atoms with Crippen LogP contribution in [0, 0.1) is 5.82 Å². The normalized spacial score (nSPS) is 13.5. The summed E-state index contributed by atoms with van der Waals surface area (Å²) in [4.78, 5) is 26.1. The molecule has 11 nitrogen and oxygen atoms in total. The monoisotopic (exact) mass is 580 g/mol. The van der Waals surface area contributed by atoms with Crippen molar-refractivity contribution in [1.82, 2.24) is 20.3 Å². The molecule has 1 saturated carbocycles. The Morgan fingerprint density at radius 3 is 2.21 bits per heavy atom. The second kappa shape index (κ2) is 17.2. The lowest BCUT2D eigenvalue weighted by Gasteiger charge is -2.23. The van der Waals surface area contributed by atoms with Crippen molar-refractivity contribution in [2.24, 2.45) is 5.73 Å². The molecule has 0 radical (unpaired) electrons. The molecule has 0 bridgehead atoms. The van der Waals surface area contributed by atoms with Gasteiger partial charge in [0.15, 0.2) is 0 Å². The van der Waals surface area contributed by atoms with Crippen molar-refractivity contribution in [2.75, 3.05) is 55.5 Å². The smallest absolute Gasteiger partial charge is 0.251 e. The average Bonchev–Trinajstić information content (AvgIpc) is 3.01. The topological polar surface area (TPSA) is 148 Å². The van der Waals surface area contributed by atoms with E-state index in [2.05, 4.69) is 36.2 Å². The van der Waals surface area contributed by atoms with Gasteiger partial charge in [0, 0.05) is 43.3 Å². The molecule has 0 spiro atoms. The summed E-state index contributed by atoms with van der Waals surface area (Å²) < 4.78 is 24.8. The predicted molar refractivity (Wildman–Crippen MR) is 161 cm³/mol. The van der Waals surface area contributed by atoms with Gasteiger partial charge < -0.3 is 36.5 Å². The van der Waals surface area contributed by atoms with E-state index in [-0.39, 0.29) is 18.3 Å². The SMILES string of the molecule is NCCOCCOCCNC(=O)c1ccc(CNc2nc(NCc3ccccc3F)nc(NC3CCCCC3)n2)cc1. The number of nitrogens with two attached hydrogens (primary N) is 1. The summed E-state index contributed by atoms with van der Waals surface area (Å²) >= 11 is 0. The molecule has 6 N–H and O–H groups in total. The van der Waals surface area contributed by atoms with Crippen LogP contribution in [0.1, 0.15) is 53.6 Å². The average molecular weight is 581 g/mol. The molecule has 1 aromatic heterocycles. The van der Waals surface area contributed by atoms with E-state index in [1.165, 1.54) is 25.3 Å². The highest BCUT2D eigenvalue weighted by molar-refractivity contribution is 5.94. The molecule has 2 aromatic carbocycles. The maximum Gasteiger partial charge on any atom is 0.251 e. The zero-order chi connectivity index (χ0) is 29.4. The quantitative estimate of drug-likeness (QED) is 0.150. The third kappa shape index (κ3) is 10.5. The predicted octanol–water partition coefficient (Wildman–Crippen LogP) is 3.70. The molecule has 3 aromatic rings. The Morgan fingerprint density at radius 1 is 0.833 bits per heavy atom. The summed E-state index contributed by atoms with van der Waals surface area (Å²) in [6, 6.07) is 14.2. The largest absolute Gasteiger partial charge is 0.378 e. The molecule has 1 aliphatic carbocycles. The van der Waals surface area contributed by atoms with E-state index in [9.17, 15) is 9.18 Å². The molecule has 1 amide bonds. The van der Waals surface area contributed by atoms with Gasteiger partial charge in [0.25, 0.3) is 5.91 Å². The van der Waals surface area contributed by atoms with Gasteiger partial charge in [-0.25, -0.2) is 4.39 Å². The molecular formula is C30H41FN8O3. The number of amides is 1. The van der Waals surface area contributed by atoms with Crippen LogP contribution >= 0.6 is 0 Å². The number of anilines is 3. The minimum absolute atomic E-state index is 0.168. The fourth-order valence-electron chi connectivity index (χ4n) is 4.54. The Labute approximate surface area is 246 Å². The Kier molecular flexibility index (Phi) is 12.7. The highest BCUT2D eigenvalue weighted by Gasteiger charge is 2.16. The molecule has 1 aliphatic rings. The third-order valence-corrected chi connectivity index (χ3v) is 6.80. The second-order valence-electron chi connectivity index (χ2n) is 10.1. The second-order valence-corrected chi connectivity index (χ2v) is 10.1. The van der Waals surface area contributed by atoms with Crippen LogP contribution in [0.2, 0.25) is 0 Å². The van der Waals surface area contributed by atoms with Crippen LogP contribution in [-0.2, 0) is 22.6 Å². The van der Waals surface area contributed by atoms with E-state index >= 15 is 0 Å². The summed E-state index contributed by atoms with van der Waals surface area (Å²) in [6.45, 7) is 3.44. The van der Waals surface area contributed by atoms with Crippen molar-refractivity contribution in [3.05, 3.63) is 71.0 Å². The van der Waals surface area contributed by atoms with Gasteiger partial charge in [0.1, 0.15) is 5.82 Å². The fourth-order valence-corrected chi connectivity index (χ4v) is 4.54. The third-order valence-electron chi connectivity index (χ3n) is 6.80. The molecule has 4 rings (SSSR count). The zero-order valence-corrected chi connectivity index (χ0v) is 23.9. The lowest BCUT2D eigenvalue weighted by molar-refractivity contribution is 0.0511. The summed E-state index contributed by atoms with van der Waals surface area (Å²) in [6.07, 6.45) is 5.75. The molecular weight excluding hydrogens is 539 g/mol. The number of aromatic nitrogens is 3. The molecule has 1 fully saturated rings. The first-order valence-electron chi connectivity index (χ1n) is 14.6. The van der Waals surface area contributed by atoms with Gasteiger partial charge in [0.05, 0.1) is 26.4 Å². The van der Waals surface area contributed by atoms with Crippen molar-refractivity contribution in [3.63, 3.8) is 0 Å². The van der Waals surface area contributed by atoms with Crippen LogP contribution in [0.4, 0.5) is 22.2 Å². The maximum absolute atomic E-state index is 14.1. The molecule has 12 heteroatoms. The minimum atomic E-state index is -0.285. The molecule has 0 saturated heterocycles. The van der Waals surface area contributed by atoms with Gasteiger partial charge >= 0.3 is 0 Å². The van der Waals surface area contributed by atoms with Gasteiger partial charge in [-0.2, -0.15) is 15.0 Å². The number of rotatable bonds is 17. The number of benzene rings is 2. The molecule has 0 aliphatic heterocycles.